The van der Waals surface area contributed by atoms with Crippen LogP contribution in [0.3, 0.4) is 0 Å². The minimum Gasteiger partial charge on any atom is -0.469 e. The summed E-state index contributed by atoms with van der Waals surface area (Å²) < 4.78 is 9.72. The molecule has 2 rings (SSSR count). The Morgan fingerprint density at radius 2 is 1.59 bits per heavy atom. The summed E-state index contributed by atoms with van der Waals surface area (Å²) >= 11 is 0. The maximum absolute atomic E-state index is 12.1. The summed E-state index contributed by atoms with van der Waals surface area (Å²) in [6.45, 7) is 3.84. The van der Waals surface area contributed by atoms with E-state index in [-0.39, 0.29) is 11.9 Å². The first kappa shape index (κ1) is 16.0. The number of hydrogen-bond donors (Lipinski definition) is 0. The summed E-state index contributed by atoms with van der Waals surface area (Å²) in [6.07, 6.45) is 2.63. The number of benzene rings is 1. The highest BCUT2D eigenvalue weighted by atomic mass is 16.5. The summed E-state index contributed by atoms with van der Waals surface area (Å²) in [7, 11) is 2.67. The molecular formula is C18H20O4. The molecule has 0 heterocycles. The molecule has 0 spiro atoms. The fourth-order valence-corrected chi connectivity index (χ4v) is 2.94. The average Bonchev–Trinajstić information content (AvgIpc) is 2.59. The van der Waals surface area contributed by atoms with Crippen molar-refractivity contribution in [2.45, 2.75) is 12.8 Å². The van der Waals surface area contributed by atoms with E-state index in [2.05, 4.69) is 6.58 Å². The highest BCUT2D eigenvalue weighted by Crippen LogP contribution is 2.40. The predicted molar refractivity (Wildman–Crippen MR) is 83.8 cm³/mol. The van der Waals surface area contributed by atoms with Crippen LogP contribution in [0.15, 0.2) is 48.6 Å². The number of allylic oxidation sites excluding steroid dienone is 3. The zero-order valence-electron chi connectivity index (χ0n) is 12.9. The quantitative estimate of drug-likeness (QED) is 0.802. The maximum atomic E-state index is 12.1. The zero-order valence-corrected chi connectivity index (χ0v) is 12.9. The standard InChI is InChI=1S/C18H20O4/c1-4-12-10-15(17(19)21-2)16(18(20)22-3)11-14(12)13-8-6-5-7-9-13/h4-9,15-16H,1,10-11H2,2-3H3/t15-,16-/m0/s1. The first-order valence-corrected chi connectivity index (χ1v) is 7.17. The van der Waals surface area contributed by atoms with Gasteiger partial charge in [0.2, 0.25) is 0 Å². The summed E-state index contributed by atoms with van der Waals surface area (Å²) in [5.41, 5.74) is 3.04. The fourth-order valence-electron chi connectivity index (χ4n) is 2.94. The number of methoxy groups -OCH3 is 2. The Morgan fingerprint density at radius 3 is 2.09 bits per heavy atom. The lowest BCUT2D eigenvalue weighted by Gasteiger charge is -2.30. The third kappa shape index (κ3) is 3.11. The maximum Gasteiger partial charge on any atom is 0.309 e. The van der Waals surface area contributed by atoms with E-state index in [9.17, 15) is 9.59 Å². The monoisotopic (exact) mass is 300 g/mol. The van der Waals surface area contributed by atoms with Gasteiger partial charge in [0.1, 0.15) is 0 Å². The summed E-state index contributed by atoms with van der Waals surface area (Å²) in [6, 6.07) is 9.82. The van der Waals surface area contributed by atoms with Gasteiger partial charge in [0.15, 0.2) is 0 Å². The number of ether oxygens (including phenoxy) is 2. The molecule has 4 heteroatoms. The van der Waals surface area contributed by atoms with E-state index in [1.807, 2.05) is 30.3 Å². The second-order valence-corrected chi connectivity index (χ2v) is 5.24. The van der Waals surface area contributed by atoms with Gasteiger partial charge in [-0.1, -0.05) is 43.0 Å². The summed E-state index contributed by atoms with van der Waals surface area (Å²) in [5.74, 6) is -1.83. The third-order valence-electron chi connectivity index (χ3n) is 4.11. The van der Waals surface area contributed by atoms with Crippen molar-refractivity contribution < 1.29 is 19.1 Å². The molecule has 0 aromatic heterocycles. The van der Waals surface area contributed by atoms with Crippen LogP contribution in [0.25, 0.3) is 5.57 Å². The van der Waals surface area contributed by atoms with Crippen molar-refractivity contribution in [3.05, 3.63) is 54.1 Å². The van der Waals surface area contributed by atoms with Crippen molar-refractivity contribution in [1.29, 1.82) is 0 Å². The van der Waals surface area contributed by atoms with Gasteiger partial charge in [-0.3, -0.25) is 9.59 Å². The molecule has 4 nitrogen and oxygen atoms in total. The highest BCUT2D eigenvalue weighted by Gasteiger charge is 2.40. The zero-order chi connectivity index (χ0) is 16.1. The van der Waals surface area contributed by atoms with Gasteiger partial charge in [0.05, 0.1) is 26.1 Å². The van der Waals surface area contributed by atoms with Crippen LogP contribution in [-0.4, -0.2) is 26.2 Å². The number of carbonyl (C=O) groups excluding carboxylic acids is 2. The molecule has 0 bridgehead atoms. The van der Waals surface area contributed by atoms with E-state index in [0.717, 1.165) is 16.7 Å². The lowest BCUT2D eigenvalue weighted by molar-refractivity contribution is -0.157. The molecule has 1 aliphatic carbocycles. The van der Waals surface area contributed by atoms with Gasteiger partial charge in [-0.25, -0.2) is 0 Å². The van der Waals surface area contributed by atoms with Gasteiger partial charge in [-0.05, 0) is 29.6 Å². The van der Waals surface area contributed by atoms with Crippen molar-refractivity contribution in [2.24, 2.45) is 11.8 Å². The van der Waals surface area contributed by atoms with Crippen molar-refractivity contribution in [2.75, 3.05) is 14.2 Å². The van der Waals surface area contributed by atoms with Crippen LogP contribution in [0, 0.1) is 11.8 Å². The number of carbonyl (C=O) groups is 2. The minimum atomic E-state index is -0.531. The van der Waals surface area contributed by atoms with Gasteiger partial charge in [0, 0.05) is 0 Å². The molecule has 0 fully saturated rings. The Hall–Kier alpha value is -2.36. The van der Waals surface area contributed by atoms with E-state index in [1.165, 1.54) is 14.2 Å². The number of rotatable bonds is 4. The van der Waals surface area contributed by atoms with Crippen LogP contribution in [0.2, 0.25) is 0 Å². The molecule has 1 aromatic rings. The van der Waals surface area contributed by atoms with E-state index in [4.69, 9.17) is 9.47 Å². The Bertz CT molecular complexity index is 601. The molecule has 1 aliphatic rings. The fraction of sp³-hybridized carbons (Fsp3) is 0.333. The molecule has 22 heavy (non-hydrogen) atoms. The van der Waals surface area contributed by atoms with E-state index in [1.54, 1.807) is 6.08 Å². The van der Waals surface area contributed by atoms with Crippen LogP contribution in [0.1, 0.15) is 18.4 Å². The van der Waals surface area contributed by atoms with Crippen molar-refractivity contribution >= 4 is 17.5 Å². The van der Waals surface area contributed by atoms with E-state index >= 15 is 0 Å². The lowest BCUT2D eigenvalue weighted by Crippen LogP contribution is -2.34. The molecule has 2 atom stereocenters. The van der Waals surface area contributed by atoms with Gasteiger partial charge in [-0.15, -0.1) is 0 Å². The number of esters is 2. The van der Waals surface area contributed by atoms with Crippen LogP contribution in [0.4, 0.5) is 0 Å². The minimum absolute atomic E-state index is 0.382. The Morgan fingerprint density at radius 1 is 1.05 bits per heavy atom. The van der Waals surface area contributed by atoms with Crippen LogP contribution < -0.4 is 0 Å². The Balaban J connectivity index is 2.45. The van der Waals surface area contributed by atoms with E-state index in [0.29, 0.717) is 12.8 Å². The average molecular weight is 300 g/mol. The Labute approximate surface area is 130 Å². The molecule has 0 saturated carbocycles. The topological polar surface area (TPSA) is 52.6 Å². The van der Waals surface area contributed by atoms with E-state index < -0.39 is 11.8 Å². The molecule has 0 amide bonds. The molecule has 0 unspecified atom stereocenters. The largest absolute Gasteiger partial charge is 0.469 e. The lowest BCUT2D eigenvalue weighted by atomic mass is 9.74. The van der Waals surface area contributed by atoms with Gasteiger partial charge in [-0.2, -0.15) is 0 Å². The summed E-state index contributed by atoms with van der Waals surface area (Å²) in [4.78, 5) is 24.1. The Kier molecular flexibility index (Phi) is 5.15. The molecule has 0 N–H and O–H groups in total. The molecule has 1 aromatic carbocycles. The molecular weight excluding hydrogens is 280 g/mol. The smallest absolute Gasteiger partial charge is 0.309 e. The first-order valence-electron chi connectivity index (χ1n) is 7.17. The van der Waals surface area contributed by atoms with Crippen molar-refractivity contribution in [3.63, 3.8) is 0 Å². The normalized spacial score (nSPS) is 21.2. The summed E-state index contributed by atoms with van der Waals surface area (Å²) in [5, 5.41) is 0. The predicted octanol–water partition coefficient (Wildman–Crippen LogP) is 3.00. The number of hydrogen-bond acceptors (Lipinski definition) is 4. The molecule has 0 aliphatic heterocycles. The van der Waals surface area contributed by atoms with Crippen molar-refractivity contribution in [1.82, 2.24) is 0 Å². The first-order chi connectivity index (χ1) is 10.6. The molecule has 116 valence electrons. The van der Waals surface area contributed by atoms with Crippen LogP contribution in [-0.2, 0) is 19.1 Å². The highest BCUT2D eigenvalue weighted by molar-refractivity contribution is 5.87. The molecule has 0 radical (unpaired) electrons. The molecule has 0 saturated heterocycles. The second-order valence-electron chi connectivity index (χ2n) is 5.24. The van der Waals surface area contributed by atoms with Crippen LogP contribution >= 0.6 is 0 Å². The van der Waals surface area contributed by atoms with Gasteiger partial charge >= 0.3 is 11.9 Å². The van der Waals surface area contributed by atoms with Crippen molar-refractivity contribution in [3.8, 4) is 0 Å². The van der Waals surface area contributed by atoms with Gasteiger partial charge in [0.25, 0.3) is 0 Å². The van der Waals surface area contributed by atoms with Crippen LogP contribution in [0.5, 0.6) is 0 Å². The SMILES string of the molecule is C=CC1=C(c2ccccc2)C[C@H](C(=O)OC)[C@@H](C(=O)OC)C1. The van der Waals surface area contributed by atoms with Gasteiger partial charge < -0.3 is 9.47 Å². The third-order valence-corrected chi connectivity index (χ3v) is 4.11. The second kappa shape index (κ2) is 7.07.